The summed E-state index contributed by atoms with van der Waals surface area (Å²) in [5.74, 6) is -0.0508. The van der Waals surface area contributed by atoms with Crippen LogP contribution in [0.15, 0.2) is 71.5 Å². The number of aliphatic hydroxyl groups is 2. The van der Waals surface area contributed by atoms with Crippen LogP contribution in [0, 0.1) is 0 Å². The number of fused-ring (bicyclic) bond motifs is 1. The van der Waals surface area contributed by atoms with Crippen molar-refractivity contribution in [2.24, 2.45) is 0 Å². The summed E-state index contributed by atoms with van der Waals surface area (Å²) in [6.07, 6.45) is -6.41. The Balaban J connectivity index is 2.04. The molecule has 10 heteroatoms. The summed E-state index contributed by atoms with van der Waals surface area (Å²) in [4.78, 5) is 22.8. The molecule has 0 aliphatic carbocycles. The van der Waals surface area contributed by atoms with E-state index in [0.29, 0.717) is 16.6 Å². The fourth-order valence-corrected chi connectivity index (χ4v) is 3.51. The Morgan fingerprint density at radius 3 is 2.21 bits per heavy atom. The molecule has 33 heavy (non-hydrogen) atoms. The Morgan fingerprint density at radius 1 is 0.970 bits per heavy atom. The highest BCUT2D eigenvalue weighted by Crippen LogP contribution is 2.31. The van der Waals surface area contributed by atoms with Crippen LogP contribution < -0.4 is 10.5 Å². The Morgan fingerprint density at radius 2 is 1.64 bits per heavy atom. The largest absolute Gasteiger partial charge is 0.416 e. The van der Waals surface area contributed by atoms with Gasteiger partial charge >= 0.3 is 6.18 Å². The van der Waals surface area contributed by atoms with Crippen LogP contribution in [0.4, 0.5) is 19.1 Å². The van der Waals surface area contributed by atoms with E-state index in [2.05, 4.69) is 9.97 Å². The highest BCUT2D eigenvalue weighted by Gasteiger charge is 2.30. The van der Waals surface area contributed by atoms with Crippen molar-refractivity contribution in [1.82, 2.24) is 14.5 Å². The lowest BCUT2D eigenvalue weighted by Gasteiger charge is -2.24. The zero-order chi connectivity index (χ0) is 23.8. The normalized spacial score (nSPS) is 11.8. The standard InChI is InChI=1S/C23H19F3N4O3/c1-2-29(22(32)33)21-27-19(14-6-4-3-5-7-14)17-12-13-18(31)30(20(17)28-21)16-10-8-15(9-11-16)23(24,25)26/h3-13,22,32-33H,2H2,1H3. The third-order valence-corrected chi connectivity index (χ3v) is 5.11. The first-order chi connectivity index (χ1) is 15.7. The van der Waals surface area contributed by atoms with E-state index in [4.69, 9.17) is 0 Å². The van der Waals surface area contributed by atoms with Crippen molar-refractivity contribution < 1.29 is 23.4 Å². The minimum Gasteiger partial charge on any atom is -0.351 e. The SMILES string of the molecule is CCN(c1nc(-c2ccccc2)c2ccc(=O)n(-c3ccc(C(F)(F)F)cc3)c2n1)C(O)O. The maximum atomic E-state index is 13.0. The molecule has 0 unspecified atom stereocenters. The first-order valence-electron chi connectivity index (χ1n) is 10.0. The van der Waals surface area contributed by atoms with Crippen molar-refractivity contribution >= 4 is 17.0 Å². The van der Waals surface area contributed by atoms with Gasteiger partial charge < -0.3 is 10.2 Å². The highest BCUT2D eigenvalue weighted by molar-refractivity contribution is 5.92. The van der Waals surface area contributed by atoms with Gasteiger partial charge in [0.1, 0.15) is 0 Å². The maximum absolute atomic E-state index is 13.0. The number of benzene rings is 2. The molecule has 2 heterocycles. The van der Waals surface area contributed by atoms with Gasteiger partial charge in [0.15, 0.2) is 5.65 Å². The van der Waals surface area contributed by atoms with Gasteiger partial charge in [0.05, 0.1) is 16.9 Å². The van der Waals surface area contributed by atoms with Gasteiger partial charge in [0, 0.05) is 23.6 Å². The summed E-state index contributed by atoms with van der Waals surface area (Å²) in [7, 11) is 0. The van der Waals surface area contributed by atoms with E-state index >= 15 is 0 Å². The number of halogens is 3. The smallest absolute Gasteiger partial charge is 0.351 e. The van der Waals surface area contributed by atoms with Crippen LogP contribution in [0.3, 0.4) is 0 Å². The second-order valence-electron chi connectivity index (χ2n) is 7.16. The number of pyridine rings is 1. The molecule has 0 amide bonds. The molecule has 170 valence electrons. The summed E-state index contributed by atoms with van der Waals surface area (Å²) in [5.41, 5.74) is 0.0431. The predicted molar refractivity (Wildman–Crippen MR) is 117 cm³/mol. The fraction of sp³-hybridized carbons (Fsp3) is 0.174. The lowest BCUT2D eigenvalue weighted by Crippen LogP contribution is -2.36. The van der Waals surface area contributed by atoms with Gasteiger partial charge in [-0.05, 0) is 37.3 Å². The summed E-state index contributed by atoms with van der Waals surface area (Å²) in [6.45, 7) is 1.82. The van der Waals surface area contributed by atoms with Crippen molar-refractivity contribution in [2.45, 2.75) is 19.5 Å². The van der Waals surface area contributed by atoms with E-state index in [1.165, 1.54) is 28.8 Å². The molecule has 0 bridgehead atoms. The van der Waals surface area contributed by atoms with Crippen molar-refractivity contribution in [3.63, 3.8) is 0 Å². The third-order valence-electron chi connectivity index (χ3n) is 5.11. The van der Waals surface area contributed by atoms with Crippen LogP contribution in [0.1, 0.15) is 12.5 Å². The van der Waals surface area contributed by atoms with Crippen LogP contribution >= 0.6 is 0 Å². The summed E-state index contributed by atoms with van der Waals surface area (Å²) in [5, 5.41) is 20.0. The molecule has 2 aromatic carbocycles. The minimum atomic E-state index is -4.52. The third kappa shape index (κ3) is 4.30. The first-order valence-corrected chi connectivity index (χ1v) is 10.0. The molecule has 0 aliphatic rings. The molecule has 0 aliphatic heterocycles. The number of hydrogen-bond donors (Lipinski definition) is 2. The monoisotopic (exact) mass is 456 g/mol. The molecular weight excluding hydrogens is 437 g/mol. The number of hydrogen-bond acceptors (Lipinski definition) is 6. The van der Waals surface area contributed by atoms with Crippen molar-refractivity contribution in [1.29, 1.82) is 0 Å². The number of nitrogens with zero attached hydrogens (tertiary/aromatic N) is 4. The van der Waals surface area contributed by atoms with Crippen molar-refractivity contribution in [3.8, 4) is 16.9 Å². The van der Waals surface area contributed by atoms with Gasteiger partial charge in [0.2, 0.25) is 12.4 Å². The second kappa shape index (κ2) is 8.64. The molecule has 0 atom stereocenters. The number of anilines is 1. The van der Waals surface area contributed by atoms with Crippen molar-refractivity contribution in [3.05, 3.63) is 82.6 Å². The Labute approximate surface area is 186 Å². The summed E-state index contributed by atoms with van der Waals surface area (Å²) < 4.78 is 40.2. The average Bonchev–Trinajstić information content (AvgIpc) is 2.79. The first kappa shape index (κ1) is 22.4. The lowest BCUT2D eigenvalue weighted by molar-refractivity contribution is -0.137. The lowest BCUT2D eigenvalue weighted by atomic mass is 10.1. The number of alkyl halides is 3. The van der Waals surface area contributed by atoms with Gasteiger partial charge in [-0.2, -0.15) is 18.2 Å². The zero-order valence-electron chi connectivity index (χ0n) is 17.4. The van der Waals surface area contributed by atoms with E-state index in [1.54, 1.807) is 31.2 Å². The van der Waals surface area contributed by atoms with Crippen molar-refractivity contribution in [2.75, 3.05) is 11.4 Å². The summed E-state index contributed by atoms with van der Waals surface area (Å²) >= 11 is 0. The average molecular weight is 456 g/mol. The molecule has 7 nitrogen and oxygen atoms in total. The van der Waals surface area contributed by atoms with Crippen LogP contribution in [0.25, 0.3) is 28.0 Å². The maximum Gasteiger partial charge on any atom is 0.416 e. The molecule has 0 saturated carbocycles. The van der Waals surface area contributed by atoms with Gasteiger partial charge in [-0.25, -0.2) is 4.98 Å². The number of aliphatic hydroxyl groups excluding tert-OH is 1. The molecule has 0 radical (unpaired) electrons. The molecular formula is C23H19F3N4O3. The van der Waals surface area contributed by atoms with E-state index in [-0.39, 0.29) is 23.8 Å². The van der Waals surface area contributed by atoms with E-state index in [1.807, 2.05) is 6.07 Å². The molecule has 2 N–H and O–H groups in total. The quantitative estimate of drug-likeness (QED) is 0.447. The second-order valence-corrected chi connectivity index (χ2v) is 7.16. The fourth-order valence-electron chi connectivity index (χ4n) is 3.51. The molecule has 0 saturated heterocycles. The van der Waals surface area contributed by atoms with Crippen LogP contribution in [-0.2, 0) is 6.18 Å². The van der Waals surface area contributed by atoms with Gasteiger partial charge in [-0.15, -0.1) is 0 Å². The molecule has 2 aromatic heterocycles. The van der Waals surface area contributed by atoms with E-state index < -0.39 is 23.7 Å². The predicted octanol–water partition coefficient (Wildman–Crippen LogP) is 3.56. The van der Waals surface area contributed by atoms with Gasteiger partial charge in [0.25, 0.3) is 5.56 Å². The molecule has 4 rings (SSSR count). The Kier molecular flexibility index (Phi) is 5.88. The van der Waals surface area contributed by atoms with Crippen LogP contribution in [0.5, 0.6) is 0 Å². The Hall–Kier alpha value is -3.76. The van der Waals surface area contributed by atoms with Gasteiger partial charge in [-0.1, -0.05) is 30.3 Å². The van der Waals surface area contributed by atoms with E-state index in [9.17, 15) is 28.2 Å². The molecule has 4 aromatic rings. The topological polar surface area (TPSA) is 91.5 Å². The molecule has 0 spiro atoms. The van der Waals surface area contributed by atoms with Gasteiger partial charge in [-0.3, -0.25) is 14.3 Å². The number of aromatic nitrogens is 3. The Bertz CT molecular complexity index is 1340. The zero-order valence-corrected chi connectivity index (χ0v) is 17.4. The minimum absolute atomic E-state index is 0.0508. The highest BCUT2D eigenvalue weighted by atomic mass is 19.4. The van der Waals surface area contributed by atoms with Crippen LogP contribution in [0.2, 0.25) is 0 Å². The number of rotatable bonds is 5. The summed E-state index contributed by atoms with van der Waals surface area (Å²) in [6, 6.07) is 16.0. The van der Waals surface area contributed by atoms with Crippen LogP contribution in [-0.4, -0.2) is 37.7 Å². The van der Waals surface area contributed by atoms with E-state index in [0.717, 1.165) is 17.0 Å². The molecule has 0 fully saturated rings.